The molecule has 24 heavy (non-hydrogen) atoms. The second-order valence-electron chi connectivity index (χ2n) is 6.26. The topological polar surface area (TPSA) is 104 Å². The van der Waals surface area contributed by atoms with Crippen LogP contribution in [0.2, 0.25) is 0 Å². The maximum absolute atomic E-state index is 12.0. The summed E-state index contributed by atoms with van der Waals surface area (Å²) < 4.78 is 24.4. The van der Waals surface area contributed by atoms with Crippen LogP contribution in [0.5, 0.6) is 0 Å². The van der Waals surface area contributed by atoms with Gasteiger partial charge in [-0.2, -0.15) is 0 Å². The highest BCUT2D eigenvalue weighted by molar-refractivity contribution is 7.88. The van der Waals surface area contributed by atoms with E-state index in [4.69, 9.17) is 0 Å². The second kappa shape index (κ2) is 8.50. The normalized spacial score (nSPS) is 21.8. The van der Waals surface area contributed by atoms with Crippen LogP contribution in [-0.2, 0) is 21.4 Å². The Hall–Kier alpha value is -1.58. The Morgan fingerprint density at radius 1 is 1.33 bits per heavy atom. The third-order valence-corrected chi connectivity index (χ3v) is 4.71. The molecule has 0 spiro atoms. The van der Waals surface area contributed by atoms with Crippen molar-refractivity contribution in [3.05, 3.63) is 24.3 Å². The first-order chi connectivity index (χ1) is 11.4. The number of amides is 1. The van der Waals surface area contributed by atoms with Crippen LogP contribution in [0.25, 0.3) is 0 Å². The van der Waals surface area contributed by atoms with Crippen LogP contribution in [0.3, 0.4) is 0 Å². The molecule has 0 aromatic carbocycles. The van der Waals surface area contributed by atoms with Gasteiger partial charge in [-0.25, -0.2) is 23.1 Å². The van der Waals surface area contributed by atoms with Gasteiger partial charge in [-0.3, -0.25) is 9.69 Å². The number of nitrogens with zero attached hydrogens (tertiary/aromatic N) is 3. The van der Waals surface area contributed by atoms with Gasteiger partial charge >= 0.3 is 0 Å². The molecule has 0 unspecified atom stereocenters. The zero-order valence-electron chi connectivity index (χ0n) is 14.1. The molecule has 0 bridgehead atoms. The molecule has 2 atom stereocenters. The molecule has 1 aliphatic heterocycles. The monoisotopic (exact) mass is 355 g/mol. The van der Waals surface area contributed by atoms with Crippen LogP contribution in [0, 0.1) is 5.92 Å². The molecule has 2 heterocycles. The fourth-order valence-corrected chi connectivity index (χ4v) is 3.43. The fourth-order valence-electron chi connectivity index (χ4n) is 3.04. The zero-order chi connectivity index (χ0) is 17.6. The summed E-state index contributed by atoms with van der Waals surface area (Å²) in [6, 6.07) is 0.0310. The summed E-state index contributed by atoms with van der Waals surface area (Å²) in [6.07, 6.45) is 8.20. The van der Waals surface area contributed by atoms with Crippen molar-refractivity contribution < 1.29 is 13.2 Å². The lowest BCUT2D eigenvalue weighted by Crippen LogP contribution is -2.45. The number of sulfonamides is 1. The van der Waals surface area contributed by atoms with E-state index in [0.717, 1.165) is 44.3 Å². The number of hydrogen-bond donors (Lipinski definition) is 2. The molecule has 1 saturated heterocycles. The van der Waals surface area contributed by atoms with Crippen molar-refractivity contribution in [3.63, 3.8) is 0 Å². The van der Waals surface area contributed by atoms with E-state index in [1.807, 2.05) is 0 Å². The molecule has 1 fully saturated rings. The van der Waals surface area contributed by atoms with Crippen molar-refractivity contribution in [2.75, 3.05) is 25.9 Å². The average Bonchev–Trinajstić information content (AvgIpc) is 2.87. The highest BCUT2D eigenvalue weighted by Crippen LogP contribution is 2.23. The first-order valence-electron chi connectivity index (χ1n) is 8.07. The third kappa shape index (κ3) is 6.14. The quantitative estimate of drug-likeness (QED) is 0.666. The summed E-state index contributed by atoms with van der Waals surface area (Å²) in [5, 5.41) is 2.96. The molecule has 1 aromatic heterocycles. The number of hydrogen-bond acceptors (Lipinski definition) is 6. The molecule has 2 N–H and O–H groups in total. The first-order valence-corrected chi connectivity index (χ1v) is 9.96. The van der Waals surface area contributed by atoms with Gasteiger partial charge in [0.05, 0.1) is 12.8 Å². The number of rotatable bonds is 8. The van der Waals surface area contributed by atoms with E-state index >= 15 is 0 Å². The third-order valence-electron chi connectivity index (χ3n) is 4.04. The molecule has 1 amide bonds. The Morgan fingerprint density at radius 3 is 2.67 bits per heavy atom. The summed E-state index contributed by atoms with van der Waals surface area (Å²) in [6.45, 7) is 4.28. The van der Waals surface area contributed by atoms with Crippen molar-refractivity contribution in [2.24, 2.45) is 5.92 Å². The van der Waals surface area contributed by atoms with E-state index in [9.17, 15) is 13.2 Å². The van der Waals surface area contributed by atoms with Crippen LogP contribution in [0.4, 0.5) is 0 Å². The summed E-state index contributed by atoms with van der Waals surface area (Å²) in [5.74, 6) is 0.0678. The maximum atomic E-state index is 12.0. The molecule has 0 aliphatic carbocycles. The van der Waals surface area contributed by atoms with Crippen LogP contribution in [0.1, 0.15) is 25.3 Å². The van der Waals surface area contributed by atoms with Crippen molar-refractivity contribution >= 4 is 15.9 Å². The van der Waals surface area contributed by atoms with Crippen molar-refractivity contribution in [2.45, 2.75) is 32.4 Å². The predicted octanol–water partition coefficient (Wildman–Crippen LogP) is -0.257. The van der Waals surface area contributed by atoms with Gasteiger partial charge in [0.1, 0.15) is 6.33 Å². The smallest absolute Gasteiger partial charge is 0.235 e. The lowest BCUT2D eigenvalue weighted by molar-refractivity contribution is -0.120. The Kier molecular flexibility index (Phi) is 6.64. The SMILES string of the molecule is CCC[C@@H]1CN(Cc2cncnc2)C[C@H]1NC(=O)CNS(C)(=O)=O. The Bertz CT molecular complexity index is 638. The van der Waals surface area contributed by atoms with E-state index in [1.165, 1.54) is 6.33 Å². The maximum Gasteiger partial charge on any atom is 0.235 e. The summed E-state index contributed by atoms with van der Waals surface area (Å²) >= 11 is 0. The molecule has 9 heteroatoms. The number of carbonyl (C=O) groups is 1. The van der Waals surface area contributed by atoms with E-state index in [2.05, 4.69) is 31.8 Å². The lowest BCUT2D eigenvalue weighted by Gasteiger charge is -2.19. The minimum atomic E-state index is -3.36. The highest BCUT2D eigenvalue weighted by Gasteiger charge is 2.33. The van der Waals surface area contributed by atoms with Gasteiger partial charge in [0.2, 0.25) is 15.9 Å². The Morgan fingerprint density at radius 2 is 2.04 bits per heavy atom. The Balaban J connectivity index is 1.91. The number of carbonyl (C=O) groups excluding carboxylic acids is 1. The van der Waals surface area contributed by atoms with Crippen LogP contribution in [0.15, 0.2) is 18.7 Å². The first kappa shape index (κ1) is 18.8. The van der Waals surface area contributed by atoms with Crippen LogP contribution >= 0.6 is 0 Å². The molecular formula is C15H25N5O3S. The van der Waals surface area contributed by atoms with Gasteiger partial charge in [0.25, 0.3) is 0 Å². The van der Waals surface area contributed by atoms with Gasteiger partial charge in [0.15, 0.2) is 0 Å². The van der Waals surface area contributed by atoms with Crippen molar-refractivity contribution in [1.29, 1.82) is 0 Å². The zero-order valence-corrected chi connectivity index (χ0v) is 14.9. The van der Waals surface area contributed by atoms with Crippen molar-refractivity contribution in [3.8, 4) is 0 Å². The fraction of sp³-hybridized carbons (Fsp3) is 0.667. The van der Waals surface area contributed by atoms with E-state index in [0.29, 0.717) is 5.92 Å². The van der Waals surface area contributed by atoms with Gasteiger partial charge in [-0.05, 0) is 12.3 Å². The Labute approximate surface area is 143 Å². The average molecular weight is 355 g/mol. The number of likely N-dealkylation sites (tertiary alicyclic amines) is 1. The highest BCUT2D eigenvalue weighted by atomic mass is 32.2. The van der Waals surface area contributed by atoms with Gasteiger partial charge in [-0.1, -0.05) is 13.3 Å². The molecule has 134 valence electrons. The summed E-state index contributed by atoms with van der Waals surface area (Å²) in [5.41, 5.74) is 1.04. The molecule has 2 rings (SSSR count). The predicted molar refractivity (Wildman–Crippen MR) is 90.5 cm³/mol. The molecule has 0 radical (unpaired) electrons. The largest absolute Gasteiger partial charge is 0.351 e. The van der Waals surface area contributed by atoms with Crippen molar-refractivity contribution in [1.82, 2.24) is 24.9 Å². The number of nitrogens with one attached hydrogen (secondary N) is 2. The number of aromatic nitrogens is 2. The van der Waals surface area contributed by atoms with Gasteiger partial charge in [-0.15, -0.1) is 0 Å². The molecule has 8 nitrogen and oxygen atoms in total. The molecule has 1 aromatic rings. The van der Waals surface area contributed by atoms with Crippen LogP contribution < -0.4 is 10.0 Å². The van der Waals surface area contributed by atoms with Gasteiger partial charge in [0, 0.05) is 43.6 Å². The van der Waals surface area contributed by atoms with E-state index < -0.39 is 10.0 Å². The standard InChI is InChI=1S/C15H25N5O3S/c1-3-4-13-9-20(8-12-5-16-11-17-6-12)10-14(13)19-15(21)7-18-24(2,22)23/h5-6,11,13-14,18H,3-4,7-10H2,1-2H3,(H,19,21)/t13-,14-/m1/s1. The molecule has 1 aliphatic rings. The second-order valence-corrected chi connectivity index (χ2v) is 8.09. The minimum absolute atomic E-state index is 0.0310. The summed E-state index contributed by atoms with van der Waals surface area (Å²) in [7, 11) is -3.36. The minimum Gasteiger partial charge on any atom is -0.351 e. The summed E-state index contributed by atoms with van der Waals surface area (Å²) in [4.78, 5) is 22.3. The van der Waals surface area contributed by atoms with Crippen LogP contribution in [-0.4, -0.2) is 61.1 Å². The molecular weight excluding hydrogens is 330 g/mol. The van der Waals surface area contributed by atoms with E-state index in [1.54, 1.807) is 12.4 Å². The molecule has 0 saturated carbocycles. The van der Waals surface area contributed by atoms with Gasteiger partial charge < -0.3 is 5.32 Å². The van der Waals surface area contributed by atoms with E-state index in [-0.39, 0.29) is 18.5 Å². The lowest BCUT2D eigenvalue weighted by atomic mass is 9.98.